The Morgan fingerprint density at radius 1 is 0.241 bits per heavy atom. The number of hydrogen-bond acceptors (Lipinski definition) is 10. The van der Waals surface area contributed by atoms with Gasteiger partial charge in [-0.15, -0.1) is 0 Å². The zero-order valence-electron chi connectivity index (χ0n) is 44.0. The highest BCUT2D eigenvalue weighted by Gasteiger charge is 2.69. The lowest BCUT2D eigenvalue weighted by atomic mass is 10.3. The molecule has 0 aromatic heterocycles. The molecule has 0 aromatic carbocycles. The third kappa shape index (κ3) is 22.4. The van der Waals surface area contributed by atoms with E-state index in [2.05, 4.69) is 202 Å². The highest BCUT2D eigenvalue weighted by atomic mass is 28.5. The van der Waals surface area contributed by atoms with Crippen LogP contribution in [0.2, 0.25) is 177 Å². The van der Waals surface area contributed by atoms with Gasteiger partial charge in [0.15, 0.2) is 74.9 Å². The van der Waals surface area contributed by atoms with Crippen molar-refractivity contribution in [1.82, 2.24) is 4.90 Å². The molecule has 0 saturated heterocycles. The van der Waals surface area contributed by atoms with Gasteiger partial charge < -0.3 is 37.0 Å². The molecule has 3 atom stereocenters. The second kappa shape index (κ2) is 20.8. The zero-order chi connectivity index (χ0) is 46.8. The molecule has 0 bridgehead atoms. The van der Waals surface area contributed by atoms with Crippen molar-refractivity contribution in [3.05, 3.63) is 0 Å². The Morgan fingerprint density at radius 2 is 0.345 bits per heavy atom. The van der Waals surface area contributed by atoms with Gasteiger partial charge in [0, 0.05) is 0 Å². The summed E-state index contributed by atoms with van der Waals surface area (Å²) < 4.78 is 69.6. The maximum absolute atomic E-state index is 7.73. The van der Waals surface area contributed by atoms with Gasteiger partial charge in [0.2, 0.25) is 0 Å². The van der Waals surface area contributed by atoms with E-state index in [-0.39, 0.29) is 17.0 Å². The van der Waals surface area contributed by atoms with Crippen LogP contribution in [0.1, 0.15) is 40.0 Å². The van der Waals surface area contributed by atoms with Gasteiger partial charge in [0.25, 0.3) is 0 Å². The molecule has 0 amide bonds. The summed E-state index contributed by atoms with van der Waals surface area (Å²) in [7, 11) is -31.9. The van der Waals surface area contributed by atoms with Crippen molar-refractivity contribution in [3.8, 4) is 0 Å². The van der Waals surface area contributed by atoms with Crippen LogP contribution < -0.4 is 0 Å². The van der Waals surface area contributed by atoms with Crippen molar-refractivity contribution >= 4 is 101 Å². The normalized spacial score (nSPS) is 17.2. The third-order valence-corrected chi connectivity index (χ3v) is 44.4. The molecular formula is C36H99NO9Si12. The molecule has 10 nitrogen and oxygen atoms in total. The van der Waals surface area contributed by atoms with Gasteiger partial charge in [-0.3, -0.25) is 4.90 Å². The van der Waals surface area contributed by atoms with Crippen molar-refractivity contribution in [3.63, 3.8) is 0 Å². The summed E-state index contributed by atoms with van der Waals surface area (Å²) in [6, 6.07) is 0. The number of rotatable bonds is 27. The molecule has 0 heterocycles. The van der Waals surface area contributed by atoms with Crippen molar-refractivity contribution in [2.24, 2.45) is 0 Å². The van der Waals surface area contributed by atoms with Crippen LogP contribution in [0.4, 0.5) is 0 Å². The maximum Gasteiger partial charge on any atom is 0.487 e. The van der Waals surface area contributed by atoms with E-state index in [0.717, 1.165) is 19.3 Å². The van der Waals surface area contributed by atoms with Crippen molar-refractivity contribution in [2.45, 2.75) is 234 Å². The highest BCUT2D eigenvalue weighted by Crippen LogP contribution is 2.43. The largest absolute Gasteiger partial charge is 0.487 e. The predicted molar refractivity (Wildman–Crippen MR) is 281 cm³/mol. The van der Waals surface area contributed by atoms with E-state index in [4.69, 9.17) is 37.0 Å². The summed E-state index contributed by atoms with van der Waals surface area (Å²) in [5.41, 5.74) is -0.854. The first kappa shape index (κ1) is 60.2. The van der Waals surface area contributed by atoms with Gasteiger partial charge in [-0.25, -0.2) is 0 Å². The molecule has 3 unspecified atom stereocenters. The summed E-state index contributed by atoms with van der Waals surface area (Å²) in [5, 5.41) is 0. The lowest BCUT2D eigenvalue weighted by Gasteiger charge is -2.58. The lowest BCUT2D eigenvalue weighted by molar-refractivity contribution is 0.0591. The first-order valence-corrected chi connectivity index (χ1v) is 58.2. The molecule has 350 valence electrons. The Kier molecular flexibility index (Phi) is 21.6. The lowest BCUT2D eigenvalue weighted by Crippen LogP contribution is -2.81. The SMILES string of the molecule is CCC(N(C(CC)[Si](O[Si](C)(C)C)(O[Si](C)(C)C)O[Si](C)(C)C)C(CC)[Si](O[Si](C)(C)C)(O[Si](C)(C)C)O[Si](C)(C)C)[Si](O[Si](C)(C)C)(O[Si](C)(C)C)O[Si](C)(C)C. The van der Waals surface area contributed by atoms with E-state index in [1.54, 1.807) is 0 Å². The highest BCUT2D eigenvalue weighted by molar-refractivity contribution is 6.93. The van der Waals surface area contributed by atoms with Crippen molar-refractivity contribution in [2.75, 3.05) is 0 Å². The van der Waals surface area contributed by atoms with Crippen LogP contribution >= 0.6 is 0 Å². The number of nitrogens with zero attached hydrogens (tertiary/aromatic N) is 1. The molecule has 0 saturated carbocycles. The van der Waals surface area contributed by atoms with Crippen LogP contribution in [0.15, 0.2) is 0 Å². The monoisotopic (exact) mass is 1030 g/mol. The van der Waals surface area contributed by atoms with Gasteiger partial charge in [-0.05, 0) is 196 Å². The van der Waals surface area contributed by atoms with Crippen molar-refractivity contribution in [1.29, 1.82) is 0 Å². The molecule has 22 heteroatoms. The molecule has 58 heavy (non-hydrogen) atoms. The number of hydrogen-bond donors (Lipinski definition) is 0. The minimum absolute atomic E-state index is 0.285. The van der Waals surface area contributed by atoms with Gasteiger partial charge in [-0.1, -0.05) is 20.8 Å². The minimum atomic E-state index is -3.67. The Labute approximate surface area is 374 Å². The molecule has 0 aliphatic rings. The Hall–Kier alpha value is 2.20. The van der Waals surface area contributed by atoms with Crippen LogP contribution in [-0.4, -0.2) is 123 Å². The molecule has 0 aromatic rings. The fourth-order valence-electron chi connectivity index (χ4n) is 7.22. The van der Waals surface area contributed by atoms with E-state index >= 15 is 0 Å². The van der Waals surface area contributed by atoms with Gasteiger partial charge in [0.1, 0.15) is 0 Å². The zero-order valence-corrected chi connectivity index (χ0v) is 56.0. The molecule has 0 radical (unpaired) electrons. The molecule has 0 spiro atoms. The van der Waals surface area contributed by atoms with Gasteiger partial charge >= 0.3 is 26.4 Å². The maximum atomic E-state index is 7.73. The van der Waals surface area contributed by atoms with E-state index in [1.165, 1.54) is 0 Å². The Morgan fingerprint density at radius 3 is 0.414 bits per heavy atom. The first-order valence-electron chi connectivity index (χ1n) is 22.2. The van der Waals surface area contributed by atoms with E-state index in [0.29, 0.717) is 0 Å². The Balaban J connectivity index is 9.77. The minimum Gasteiger partial charge on any atom is -0.416 e. The smallest absolute Gasteiger partial charge is 0.416 e. The summed E-state index contributed by atoms with van der Waals surface area (Å²) in [4.78, 5) is 2.73. The predicted octanol–water partition coefficient (Wildman–Crippen LogP) is 12.7. The summed E-state index contributed by atoms with van der Waals surface area (Å²) in [6.45, 7) is 68.6. The summed E-state index contributed by atoms with van der Waals surface area (Å²) in [6.07, 6.45) is 2.19. The van der Waals surface area contributed by atoms with Crippen LogP contribution in [0.3, 0.4) is 0 Å². The average Bonchev–Trinajstić information content (AvgIpc) is 2.79. The quantitative estimate of drug-likeness (QED) is 0.0742. The standard InChI is InChI=1S/C36H99NO9Si12/c1-31-34(56(38-47(4,5)6,39-48(7,8)9)40-49(10,11)12)37(35(32-2)57(41-50(13,14)15,42-51(16,17)18)43-52(19,20)21)36(33-3)58(44-53(22,23)24,45-54(25,26)27)46-55(28,29)30/h34-36H,31-33H2,1-30H3. The fraction of sp³-hybridized carbons (Fsp3) is 1.00. The summed E-state index contributed by atoms with van der Waals surface area (Å²) in [5.74, 6) is 0. The van der Waals surface area contributed by atoms with Crippen LogP contribution in [-0.2, 0) is 37.0 Å². The van der Waals surface area contributed by atoms with Gasteiger partial charge in [-0.2, -0.15) is 0 Å². The van der Waals surface area contributed by atoms with E-state index in [9.17, 15) is 0 Å². The molecule has 0 fully saturated rings. The molecule has 0 N–H and O–H groups in total. The fourth-order valence-corrected chi connectivity index (χ4v) is 51.8. The third-order valence-electron chi connectivity index (χ3n) is 7.50. The second-order valence-corrected chi connectivity index (χ2v) is 76.0. The average molecular weight is 1030 g/mol. The first-order chi connectivity index (χ1) is 25.1. The molecule has 0 rings (SSSR count). The topological polar surface area (TPSA) is 86.3 Å². The van der Waals surface area contributed by atoms with Crippen LogP contribution in [0.5, 0.6) is 0 Å². The molecular weight excluding hydrogens is 927 g/mol. The molecule has 0 aliphatic heterocycles. The van der Waals surface area contributed by atoms with Crippen LogP contribution in [0.25, 0.3) is 0 Å². The van der Waals surface area contributed by atoms with E-state index < -0.39 is 101 Å². The Bertz CT molecular complexity index is 980. The summed E-state index contributed by atoms with van der Waals surface area (Å²) >= 11 is 0. The van der Waals surface area contributed by atoms with E-state index in [1.807, 2.05) is 0 Å². The van der Waals surface area contributed by atoms with Gasteiger partial charge in [0.05, 0.1) is 17.0 Å². The van der Waals surface area contributed by atoms with Crippen LogP contribution in [0, 0.1) is 0 Å². The molecule has 0 aliphatic carbocycles. The second-order valence-electron chi connectivity index (χ2n) is 25.0. The van der Waals surface area contributed by atoms with Crippen molar-refractivity contribution < 1.29 is 37.0 Å².